The predicted octanol–water partition coefficient (Wildman–Crippen LogP) is 2.61. The van der Waals surface area contributed by atoms with Crippen LogP contribution in [0, 0.1) is 0 Å². The molecule has 0 bridgehead atoms. The van der Waals surface area contributed by atoms with Gasteiger partial charge < -0.3 is 24.6 Å². The highest BCUT2D eigenvalue weighted by molar-refractivity contribution is 5.89. The molecule has 31 heavy (non-hydrogen) atoms. The van der Waals surface area contributed by atoms with Crippen molar-refractivity contribution in [1.82, 2.24) is 19.9 Å². The van der Waals surface area contributed by atoms with Crippen LogP contribution < -0.4 is 15.1 Å². The molecule has 0 aromatic carbocycles. The molecule has 5 heterocycles. The molecule has 3 aromatic rings. The summed E-state index contributed by atoms with van der Waals surface area (Å²) in [5, 5.41) is 4.27. The van der Waals surface area contributed by atoms with Crippen molar-refractivity contribution < 1.29 is 9.47 Å². The Balaban J connectivity index is 1.55. The van der Waals surface area contributed by atoms with E-state index < -0.39 is 0 Å². The van der Waals surface area contributed by atoms with Crippen LogP contribution >= 0.6 is 0 Å². The molecule has 2 aliphatic heterocycles. The Hall–Kier alpha value is -3.04. The van der Waals surface area contributed by atoms with Gasteiger partial charge in [0.25, 0.3) is 0 Å². The Kier molecular flexibility index (Phi) is 5.52. The molecule has 162 valence electrons. The minimum atomic E-state index is 0.127. The van der Waals surface area contributed by atoms with Gasteiger partial charge in [-0.1, -0.05) is 0 Å². The lowest BCUT2D eigenvalue weighted by Crippen LogP contribution is -2.46. The summed E-state index contributed by atoms with van der Waals surface area (Å²) in [4.78, 5) is 23.2. The zero-order valence-corrected chi connectivity index (χ0v) is 17.9. The Morgan fingerprint density at radius 1 is 0.903 bits per heavy atom. The van der Waals surface area contributed by atoms with Crippen molar-refractivity contribution in [2.24, 2.45) is 0 Å². The van der Waals surface area contributed by atoms with Crippen LogP contribution in [0.5, 0.6) is 0 Å². The van der Waals surface area contributed by atoms with Crippen molar-refractivity contribution in [2.75, 3.05) is 54.5 Å². The lowest BCUT2D eigenvalue weighted by molar-refractivity contribution is -0.00570. The number of rotatable bonds is 4. The molecule has 5 rings (SSSR count). The van der Waals surface area contributed by atoms with E-state index >= 15 is 0 Å². The lowest BCUT2D eigenvalue weighted by atomic mass is 10.2. The molecule has 0 aliphatic carbocycles. The van der Waals surface area contributed by atoms with Gasteiger partial charge in [-0.15, -0.1) is 0 Å². The molecule has 9 nitrogen and oxygen atoms in total. The Labute approximate surface area is 181 Å². The maximum absolute atomic E-state index is 5.90. The lowest BCUT2D eigenvalue weighted by Gasteiger charge is -2.36. The van der Waals surface area contributed by atoms with Gasteiger partial charge >= 0.3 is 0 Å². The fourth-order valence-corrected chi connectivity index (χ4v) is 4.13. The standard InChI is InChI=1S/C22H27N7O2/c1-15-13-29(14-16(2)31-15)22-26-20-18(21(27-22)28-9-11-30-12-10-28)3-4-19(25-20)24-17-5-7-23-8-6-17/h3-8,15-16H,9-14H2,1-2H3,(H,23,24,25,26,27)/t15-,16+. The van der Waals surface area contributed by atoms with Gasteiger partial charge in [-0.25, -0.2) is 4.98 Å². The highest BCUT2D eigenvalue weighted by Gasteiger charge is 2.26. The largest absolute Gasteiger partial charge is 0.378 e. The molecule has 0 spiro atoms. The average molecular weight is 422 g/mol. The van der Waals surface area contributed by atoms with Crippen LogP contribution in [0.15, 0.2) is 36.7 Å². The molecule has 1 N–H and O–H groups in total. The topological polar surface area (TPSA) is 88.5 Å². The molecular formula is C22H27N7O2. The minimum absolute atomic E-state index is 0.127. The van der Waals surface area contributed by atoms with Crippen LogP contribution in [0.25, 0.3) is 11.0 Å². The van der Waals surface area contributed by atoms with E-state index in [1.54, 1.807) is 12.4 Å². The van der Waals surface area contributed by atoms with Crippen LogP contribution in [0.2, 0.25) is 0 Å². The number of nitrogens with one attached hydrogen (secondary N) is 1. The maximum atomic E-state index is 5.90. The maximum Gasteiger partial charge on any atom is 0.229 e. The molecule has 2 saturated heterocycles. The van der Waals surface area contributed by atoms with Gasteiger partial charge in [0.2, 0.25) is 5.95 Å². The number of hydrogen-bond donors (Lipinski definition) is 1. The fourth-order valence-electron chi connectivity index (χ4n) is 4.13. The second-order valence-corrected chi connectivity index (χ2v) is 8.04. The van der Waals surface area contributed by atoms with Crippen molar-refractivity contribution in [3.05, 3.63) is 36.7 Å². The van der Waals surface area contributed by atoms with Gasteiger partial charge in [0, 0.05) is 44.3 Å². The number of aromatic nitrogens is 4. The number of anilines is 4. The van der Waals surface area contributed by atoms with Gasteiger partial charge in [-0.2, -0.15) is 9.97 Å². The van der Waals surface area contributed by atoms with E-state index in [4.69, 9.17) is 24.4 Å². The Morgan fingerprint density at radius 2 is 1.65 bits per heavy atom. The van der Waals surface area contributed by atoms with Crippen molar-refractivity contribution in [3.8, 4) is 0 Å². The van der Waals surface area contributed by atoms with Gasteiger partial charge in [0.15, 0.2) is 5.65 Å². The summed E-state index contributed by atoms with van der Waals surface area (Å²) in [6, 6.07) is 7.83. The third-order valence-corrected chi connectivity index (χ3v) is 5.49. The summed E-state index contributed by atoms with van der Waals surface area (Å²) in [5.74, 6) is 2.35. The Bertz CT molecular complexity index is 1030. The van der Waals surface area contributed by atoms with E-state index in [0.29, 0.717) is 24.8 Å². The Morgan fingerprint density at radius 3 is 2.39 bits per heavy atom. The number of ether oxygens (including phenoxy) is 2. The third kappa shape index (κ3) is 4.38. The first kappa shape index (κ1) is 19.9. The molecule has 0 unspecified atom stereocenters. The summed E-state index contributed by atoms with van der Waals surface area (Å²) in [6.45, 7) is 8.68. The highest BCUT2D eigenvalue weighted by atomic mass is 16.5. The van der Waals surface area contributed by atoms with E-state index in [-0.39, 0.29) is 12.2 Å². The van der Waals surface area contributed by atoms with E-state index in [0.717, 1.165) is 48.9 Å². The van der Waals surface area contributed by atoms with Crippen molar-refractivity contribution in [2.45, 2.75) is 26.1 Å². The molecule has 0 radical (unpaired) electrons. The SMILES string of the molecule is C[C@@H]1CN(c2nc(N3CCOCC3)c3ccc(Nc4ccncc4)nc3n2)C[C@H](C)O1. The first-order valence-electron chi connectivity index (χ1n) is 10.7. The van der Waals surface area contributed by atoms with E-state index in [9.17, 15) is 0 Å². The summed E-state index contributed by atoms with van der Waals surface area (Å²) < 4.78 is 11.5. The first-order chi connectivity index (χ1) is 15.2. The fraction of sp³-hybridized carbons (Fsp3) is 0.455. The third-order valence-electron chi connectivity index (χ3n) is 5.49. The number of pyridine rings is 2. The molecule has 3 aromatic heterocycles. The summed E-state index contributed by atoms with van der Waals surface area (Å²) in [6.07, 6.45) is 3.76. The van der Waals surface area contributed by atoms with Crippen LogP contribution in [0.4, 0.5) is 23.3 Å². The van der Waals surface area contributed by atoms with Crippen LogP contribution in [-0.2, 0) is 9.47 Å². The molecule has 2 fully saturated rings. The predicted molar refractivity (Wildman–Crippen MR) is 120 cm³/mol. The molecule has 9 heteroatoms. The molecule has 2 aliphatic rings. The van der Waals surface area contributed by atoms with Crippen LogP contribution in [0.1, 0.15) is 13.8 Å². The molecule has 2 atom stereocenters. The van der Waals surface area contributed by atoms with Gasteiger partial charge in [-0.3, -0.25) is 4.98 Å². The molecule has 0 saturated carbocycles. The zero-order valence-electron chi connectivity index (χ0n) is 17.9. The van der Waals surface area contributed by atoms with Crippen molar-refractivity contribution in [3.63, 3.8) is 0 Å². The van der Waals surface area contributed by atoms with Crippen LogP contribution in [0.3, 0.4) is 0 Å². The van der Waals surface area contributed by atoms with Crippen molar-refractivity contribution in [1.29, 1.82) is 0 Å². The van der Waals surface area contributed by atoms with Crippen molar-refractivity contribution >= 4 is 34.3 Å². The number of morpholine rings is 2. The summed E-state index contributed by atoms with van der Waals surface area (Å²) in [7, 11) is 0. The second kappa shape index (κ2) is 8.60. The monoisotopic (exact) mass is 421 g/mol. The zero-order chi connectivity index (χ0) is 21.2. The molecular weight excluding hydrogens is 394 g/mol. The second-order valence-electron chi connectivity index (χ2n) is 8.04. The minimum Gasteiger partial charge on any atom is -0.378 e. The molecule has 0 amide bonds. The highest BCUT2D eigenvalue weighted by Crippen LogP contribution is 2.29. The quantitative estimate of drug-likeness (QED) is 0.683. The summed E-state index contributed by atoms with van der Waals surface area (Å²) in [5.41, 5.74) is 1.61. The average Bonchev–Trinajstić information content (AvgIpc) is 2.79. The van der Waals surface area contributed by atoms with Crippen LogP contribution in [-0.4, -0.2) is 71.5 Å². The summed E-state index contributed by atoms with van der Waals surface area (Å²) >= 11 is 0. The number of nitrogens with zero attached hydrogens (tertiary/aromatic N) is 6. The normalized spacial score (nSPS) is 22.0. The van der Waals surface area contributed by atoms with Gasteiger partial charge in [0.1, 0.15) is 11.6 Å². The first-order valence-corrected chi connectivity index (χ1v) is 10.7. The van der Waals surface area contributed by atoms with E-state index in [2.05, 4.69) is 33.9 Å². The smallest absolute Gasteiger partial charge is 0.229 e. The van der Waals surface area contributed by atoms with Gasteiger partial charge in [-0.05, 0) is 38.1 Å². The van der Waals surface area contributed by atoms with E-state index in [1.807, 2.05) is 24.3 Å². The number of hydrogen-bond acceptors (Lipinski definition) is 9. The van der Waals surface area contributed by atoms with Gasteiger partial charge in [0.05, 0.1) is 30.8 Å². The van der Waals surface area contributed by atoms with E-state index in [1.165, 1.54) is 0 Å². The number of fused-ring (bicyclic) bond motifs is 1.